The number of aliphatic hydroxyl groups excluding tert-OH is 1. The molecule has 1 atom stereocenters. The summed E-state index contributed by atoms with van der Waals surface area (Å²) in [5, 5.41) is 22.9. The molecule has 0 aliphatic rings. The van der Waals surface area contributed by atoms with Crippen LogP contribution in [0.4, 0.5) is 10.1 Å². The number of hydrogen-bond acceptors (Lipinski definition) is 5. The largest absolute Gasteiger partial charge is 0.481 e. The second-order valence-electron chi connectivity index (χ2n) is 4.89. The number of nitrogens with one attached hydrogen (secondary N) is 1. The Balaban J connectivity index is 1.80. The SMILES string of the molecule is O=C(COc1ccccc1F)NCC(O)c1ccc([N+](=O)[O-])cc1. The third-order valence-corrected chi connectivity index (χ3v) is 3.18. The normalized spacial score (nSPS) is 11.6. The lowest BCUT2D eigenvalue weighted by atomic mass is 10.1. The van der Waals surface area contributed by atoms with Gasteiger partial charge in [-0.3, -0.25) is 14.9 Å². The summed E-state index contributed by atoms with van der Waals surface area (Å²) in [4.78, 5) is 21.7. The maximum atomic E-state index is 13.3. The van der Waals surface area contributed by atoms with Crippen LogP contribution < -0.4 is 10.1 Å². The Labute approximate surface area is 136 Å². The van der Waals surface area contributed by atoms with Crippen molar-refractivity contribution in [2.45, 2.75) is 6.10 Å². The number of nitro benzene ring substituents is 1. The molecule has 24 heavy (non-hydrogen) atoms. The number of benzene rings is 2. The molecule has 7 nitrogen and oxygen atoms in total. The fraction of sp³-hybridized carbons (Fsp3) is 0.188. The number of halogens is 1. The highest BCUT2D eigenvalue weighted by atomic mass is 19.1. The van der Waals surface area contributed by atoms with Crippen LogP contribution in [-0.4, -0.2) is 29.1 Å². The first-order chi connectivity index (χ1) is 11.5. The van der Waals surface area contributed by atoms with Gasteiger partial charge in [0.2, 0.25) is 0 Å². The zero-order chi connectivity index (χ0) is 17.5. The maximum absolute atomic E-state index is 13.3. The molecule has 0 aliphatic heterocycles. The van der Waals surface area contributed by atoms with E-state index in [4.69, 9.17) is 4.74 Å². The average Bonchev–Trinajstić information content (AvgIpc) is 2.59. The molecule has 0 aliphatic carbocycles. The van der Waals surface area contributed by atoms with E-state index in [0.29, 0.717) is 5.56 Å². The lowest BCUT2D eigenvalue weighted by molar-refractivity contribution is -0.384. The first-order valence-electron chi connectivity index (χ1n) is 7.04. The van der Waals surface area contributed by atoms with Crippen molar-refractivity contribution in [1.82, 2.24) is 5.32 Å². The van der Waals surface area contributed by atoms with Crippen LogP contribution >= 0.6 is 0 Å². The fourth-order valence-corrected chi connectivity index (χ4v) is 1.90. The number of carbonyl (C=O) groups is 1. The van der Waals surface area contributed by atoms with Crippen molar-refractivity contribution in [2.75, 3.05) is 13.2 Å². The quantitative estimate of drug-likeness (QED) is 0.595. The Morgan fingerprint density at radius 2 is 1.92 bits per heavy atom. The minimum absolute atomic E-state index is 0.0384. The van der Waals surface area contributed by atoms with E-state index in [-0.39, 0.29) is 18.0 Å². The van der Waals surface area contributed by atoms with Gasteiger partial charge >= 0.3 is 0 Å². The molecule has 0 spiro atoms. The summed E-state index contributed by atoms with van der Waals surface area (Å²) in [7, 11) is 0. The van der Waals surface area contributed by atoms with Gasteiger partial charge in [0.15, 0.2) is 18.2 Å². The zero-order valence-electron chi connectivity index (χ0n) is 12.5. The van der Waals surface area contributed by atoms with E-state index in [2.05, 4.69) is 5.32 Å². The molecule has 0 aromatic heterocycles. The van der Waals surface area contributed by atoms with Gasteiger partial charge in [-0.1, -0.05) is 12.1 Å². The molecule has 1 amide bonds. The highest BCUT2D eigenvalue weighted by molar-refractivity contribution is 5.77. The van der Waals surface area contributed by atoms with Gasteiger partial charge in [-0.25, -0.2) is 4.39 Å². The van der Waals surface area contributed by atoms with Crippen molar-refractivity contribution in [3.63, 3.8) is 0 Å². The summed E-state index contributed by atoms with van der Waals surface area (Å²) >= 11 is 0. The molecule has 0 saturated carbocycles. The molecular formula is C16H15FN2O5. The molecule has 0 radical (unpaired) electrons. The van der Waals surface area contributed by atoms with Crippen molar-refractivity contribution in [3.8, 4) is 5.75 Å². The lowest BCUT2D eigenvalue weighted by Crippen LogP contribution is -2.32. The first kappa shape index (κ1) is 17.4. The molecule has 2 N–H and O–H groups in total. The van der Waals surface area contributed by atoms with Gasteiger partial charge in [-0.15, -0.1) is 0 Å². The van der Waals surface area contributed by atoms with Gasteiger partial charge in [-0.2, -0.15) is 0 Å². The molecule has 1 unspecified atom stereocenters. The molecule has 0 saturated heterocycles. The predicted molar refractivity (Wildman–Crippen MR) is 83.0 cm³/mol. The monoisotopic (exact) mass is 334 g/mol. The molecule has 2 rings (SSSR count). The van der Waals surface area contributed by atoms with Crippen LogP contribution in [0.2, 0.25) is 0 Å². The number of nitro groups is 1. The number of para-hydroxylation sites is 1. The Kier molecular flexibility index (Phi) is 5.80. The summed E-state index contributed by atoms with van der Waals surface area (Å²) in [6.07, 6.45) is -1.02. The van der Waals surface area contributed by atoms with Crippen LogP contribution in [0.1, 0.15) is 11.7 Å². The van der Waals surface area contributed by atoms with Gasteiger partial charge in [-0.05, 0) is 29.8 Å². The second-order valence-corrected chi connectivity index (χ2v) is 4.89. The van der Waals surface area contributed by atoms with Crippen LogP contribution in [0.3, 0.4) is 0 Å². The predicted octanol–water partition coefficient (Wildman–Crippen LogP) is 1.96. The minimum Gasteiger partial charge on any atom is -0.481 e. The molecule has 0 fully saturated rings. The minimum atomic E-state index is -1.02. The Bertz CT molecular complexity index is 721. The van der Waals surface area contributed by atoms with Crippen LogP contribution in [0, 0.1) is 15.9 Å². The van der Waals surface area contributed by atoms with Crippen molar-refractivity contribution in [2.24, 2.45) is 0 Å². The molecular weight excluding hydrogens is 319 g/mol. The summed E-state index contributed by atoms with van der Waals surface area (Å²) in [6.45, 7) is -0.495. The number of rotatable bonds is 7. The van der Waals surface area contributed by atoms with Crippen LogP contribution in [-0.2, 0) is 4.79 Å². The molecule has 0 heterocycles. The molecule has 126 valence electrons. The number of hydrogen-bond donors (Lipinski definition) is 2. The Morgan fingerprint density at radius 1 is 1.25 bits per heavy atom. The summed E-state index contributed by atoms with van der Waals surface area (Å²) in [5.41, 5.74) is 0.337. The molecule has 0 bridgehead atoms. The lowest BCUT2D eigenvalue weighted by Gasteiger charge is -2.12. The number of amides is 1. The van der Waals surface area contributed by atoms with Crippen molar-refractivity contribution < 1.29 is 24.0 Å². The molecule has 2 aromatic carbocycles. The first-order valence-corrected chi connectivity index (χ1v) is 7.04. The third-order valence-electron chi connectivity index (χ3n) is 3.18. The van der Waals surface area contributed by atoms with Gasteiger partial charge in [0.1, 0.15) is 0 Å². The number of carbonyl (C=O) groups excluding carboxylic acids is 1. The van der Waals surface area contributed by atoms with E-state index in [9.17, 15) is 24.4 Å². The van der Waals surface area contributed by atoms with Crippen LogP contribution in [0.25, 0.3) is 0 Å². The Hall–Kier alpha value is -3.00. The van der Waals surface area contributed by atoms with Crippen LogP contribution in [0.15, 0.2) is 48.5 Å². The molecule has 8 heteroatoms. The van der Waals surface area contributed by atoms with Crippen LogP contribution in [0.5, 0.6) is 5.75 Å². The number of nitrogens with zero attached hydrogens (tertiary/aromatic N) is 1. The number of aliphatic hydroxyl groups is 1. The summed E-state index contributed by atoms with van der Waals surface area (Å²) < 4.78 is 18.4. The Morgan fingerprint density at radius 3 is 2.54 bits per heavy atom. The van der Waals surface area contributed by atoms with Crippen molar-refractivity contribution >= 4 is 11.6 Å². The standard InChI is InChI=1S/C16H15FN2O5/c17-13-3-1-2-4-15(13)24-10-16(21)18-9-14(20)11-5-7-12(8-6-11)19(22)23/h1-8,14,20H,9-10H2,(H,18,21). The highest BCUT2D eigenvalue weighted by Crippen LogP contribution is 2.17. The van der Waals surface area contributed by atoms with E-state index >= 15 is 0 Å². The molecule has 2 aromatic rings. The topological polar surface area (TPSA) is 102 Å². The highest BCUT2D eigenvalue weighted by Gasteiger charge is 2.12. The van der Waals surface area contributed by atoms with Gasteiger partial charge < -0.3 is 15.2 Å². The second kappa shape index (κ2) is 8.02. The maximum Gasteiger partial charge on any atom is 0.269 e. The zero-order valence-corrected chi connectivity index (χ0v) is 12.5. The van der Waals surface area contributed by atoms with E-state index in [1.165, 1.54) is 42.5 Å². The fourth-order valence-electron chi connectivity index (χ4n) is 1.90. The smallest absolute Gasteiger partial charge is 0.269 e. The van der Waals surface area contributed by atoms with E-state index in [1.807, 2.05) is 0 Å². The number of ether oxygens (including phenoxy) is 1. The van der Waals surface area contributed by atoms with Gasteiger partial charge in [0.05, 0.1) is 11.0 Å². The van der Waals surface area contributed by atoms with E-state index in [0.717, 1.165) is 0 Å². The number of non-ortho nitro benzene ring substituents is 1. The van der Waals surface area contributed by atoms with Gasteiger partial charge in [0, 0.05) is 18.7 Å². The average molecular weight is 334 g/mol. The summed E-state index contributed by atoms with van der Waals surface area (Å²) in [5.74, 6) is -1.14. The third kappa shape index (κ3) is 4.75. The van der Waals surface area contributed by atoms with E-state index in [1.54, 1.807) is 6.07 Å². The van der Waals surface area contributed by atoms with E-state index < -0.39 is 29.4 Å². The van der Waals surface area contributed by atoms with Crippen molar-refractivity contribution in [1.29, 1.82) is 0 Å². The van der Waals surface area contributed by atoms with Crippen molar-refractivity contribution in [3.05, 3.63) is 70.0 Å². The van der Waals surface area contributed by atoms with Gasteiger partial charge in [0.25, 0.3) is 11.6 Å². The summed E-state index contributed by atoms with van der Waals surface area (Å²) in [6, 6.07) is 11.0.